The lowest BCUT2D eigenvalue weighted by Crippen LogP contribution is -2.47. The molecule has 0 amide bonds. The zero-order valence-electron chi connectivity index (χ0n) is 12.1. The van der Waals surface area contributed by atoms with Crippen LogP contribution in [-0.4, -0.2) is 46.1 Å². The van der Waals surface area contributed by atoms with Crippen molar-refractivity contribution in [1.29, 1.82) is 0 Å². The van der Waals surface area contributed by atoms with Gasteiger partial charge in [0.1, 0.15) is 0 Å². The maximum Gasteiger partial charge on any atom is 0.225 e. The Morgan fingerprint density at radius 3 is 2.32 bits per heavy atom. The van der Waals surface area contributed by atoms with Gasteiger partial charge in [0.15, 0.2) is 0 Å². The van der Waals surface area contributed by atoms with Gasteiger partial charge in [-0.25, -0.2) is 9.97 Å². The molecule has 3 aromatic rings. The molecule has 0 N–H and O–H groups in total. The summed E-state index contributed by atoms with van der Waals surface area (Å²) in [6.45, 7) is 3.62. The average molecular weight is 292 g/mol. The molecule has 0 unspecified atom stereocenters. The summed E-state index contributed by atoms with van der Waals surface area (Å²) in [5.74, 6) is 0.802. The van der Waals surface area contributed by atoms with E-state index < -0.39 is 0 Å². The Labute approximate surface area is 128 Å². The molecule has 0 bridgehead atoms. The van der Waals surface area contributed by atoms with Crippen molar-refractivity contribution in [2.24, 2.45) is 0 Å². The van der Waals surface area contributed by atoms with Crippen molar-refractivity contribution < 1.29 is 0 Å². The lowest BCUT2D eigenvalue weighted by molar-refractivity contribution is 0.640. The van der Waals surface area contributed by atoms with Crippen molar-refractivity contribution >= 4 is 22.5 Å². The maximum atomic E-state index is 4.51. The predicted molar refractivity (Wildman–Crippen MR) is 86.0 cm³/mol. The van der Waals surface area contributed by atoms with Gasteiger partial charge in [0, 0.05) is 56.4 Å². The van der Waals surface area contributed by atoms with Gasteiger partial charge in [-0.3, -0.25) is 9.97 Å². The highest BCUT2D eigenvalue weighted by molar-refractivity contribution is 5.89. The largest absolute Gasteiger partial charge is 0.365 e. The predicted octanol–water partition coefficient (Wildman–Crippen LogP) is 1.75. The minimum absolute atomic E-state index is 0.802. The number of piperazine rings is 1. The molecule has 1 aliphatic rings. The molecule has 0 spiro atoms. The van der Waals surface area contributed by atoms with E-state index in [2.05, 4.69) is 29.7 Å². The molecule has 1 aliphatic heterocycles. The first-order valence-electron chi connectivity index (χ1n) is 7.37. The first-order chi connectivity index (χ1) is 10.9. The van der Waals surface area contributed by atoms with Gasteiger partial charge >= 0.3 is 0 Å². The molecule has 0 saturated carbocycles. The molecule has 4 rings (SSSR count). The van der Waals surface area contributed by atoms with Gasteiger partial charge in [-0.2, -0.15) is 0 Å². The van der Waals surface area contributed by atoms with Crippen molar-refractivity contribution in [3.8, 4) is 0 Å². The molecule has 4 heterocycles. The third-order valence-corrected chi connectivity index (χ3v) is 3.95. The Morgan fingerprint density at radius 1 is 0.773 bits per heavy atom. The number of pyridine rings is 2. The number of anilines is 2. The molecule has 6 nitrogen and oxygen atoms in total. The summed E-state index contributed by atoms with van der Waals surface area (Å²) in [6.07, 6.45) is 9.17. The standard InChI is InChI=1S/C16H16N6/c1-3-13-11-17-12-14(15(13)18-4-1)21-7-9-22(10-8-21)16-19-5-2-6-20-16/h1-6,11-12H,7-10H2. The van der Waals surface area contributed by atoms with E-state index in [1.165, 1.54) is 0 Å². The highest BCUT2D eigenvalue weighted by Crippen LogP contribution is 2.24. The second kappa shape index (κ2) is 5.55. The first kappa shape index (κ1) is 12.9. The average Bonchev–Trinajstić information content (AvgIpc) is 2.62. The molecular formula is C16H16N6. The quantitative estimate of drug-likeness (QED) is 0.717. The van der Waals surface area contributed by atoms with Gasteiger partial charge < -0.3 is 9.80 Å². The van der Waals surface area contributed by atoms with Crippen molar-refractivity contribution in [3.05, 3.63) is 49.2 Å². The Hall–Kier alpha value is -2.76. The summed E-state index contributed by atoms with van der Waals surface area (Å²) < 4.78 is 0. The van der Waals surface area contributed by atoms with Gasteiger partial charge in [0.25, 0.3) is 0 Å². The highest BCUT2D eigenvalue weighted by atomic mass is 15.3. The highest BCUT2D eigenvalue weighted by Gasteiger charge is 2.20. The molecule has 0 atom stereocenters. The van der Waals surface area contributed by atoms with Crippen LogP contribution >= 0.6 is 0 Å². The summed E-state index contributed by atoms with van der Waals surface area (Å²) in [4.78, 5) is 22.0. The van der Waals surface area contributed by atoms with Crippen LogP contribution in [-0.2, 0) is 0 Å². The zero-order chi connectivity index (χ0) is 14.8. The van der Waals surface area contributed by atoms with Crippen LogP contribution in [0.25, 0.3) is 10.9 Å². The van der Waals surface area contributed by atoms with Gasteiger partial charge in [-0.15, -0.1) is 0 Å². The third kappa shape index (κ3) is 2.32. The topological polar surface area (TPSA) is 58.0 Å². The summed E-state index contributed by atoms with van der Waals surface area (Å²) >= 11 is 0. The number of aromatic nitrogens is 4. The van der Waals surface area contributed by atoms with E-state index in [4.69, 9.17) is 0 Å². The molecule has 3 aromatic heterocycles. The fourth-order valence-electron chi connectivity index (χ4n) is 2.82. The van der Waals surface area contributed by atoms with Gasteiger partial charge in [0.05, 0.1) is 17.4 Å². The minimum atomic E-state index is 0.802. The normalized spacial score (nSPS) is 15.3. The summed E-state index contributed by atoms with van der Waals surface area (Å²) in [5, 5.41) is 1.08. The number of rotatable bonds is 2. The van der Waals surface area contributed by atoms with Crippen molar-refractivity contribution in [1.82, 2.24) is 19.9 Å². The van der Waals surface area contributed by atoms with E-state index in [9.17, 15) is 0 Å². The second-order valence-corrected chi connectivity index (χ2v) is 5.26. The fourth-order valence-corrected chi connectivity index (χ4v) is 2.82. The van der Waals surface area contributed by atoms with E-state index >= 15 is 0 Å². The molecule has 1 saturated heterocycles. The molecule has 1 fully saturated rings. The zero-order valence-corrected chi connectivity index (χ0v) is 12.1. The van der Waals surface area contributed by atoms with E-state index in [0.29, 0.717) is 0 Å². The van der Waals surface area contributed by atoms with Gasteiger partial charge in [0.2, 0.25) is 5.95 Å². The van der Waals surface area contributed by atoms with Crippen LogP contribution in [0.4, 0.5) is 11.6 Å². The fraction of sp³-hybridized carbons (Fsp3) is 0.250. The number of nitrogens with zero attached hydrogens (tertiary/aromatic N) is 6. The number of fused-ring (bicyclic) bond motifs is 1. The lowest BCUT2D eigenvalue weighted by atomic mass is 10.2. The van der Waals surface area contributed by atoms with Crippen LogP contribution in [0.2, 0.25) is 0 Å². The first-order valence-corrected chi connectivity index (χ1v) is 7.37. The molecule has 0 radical (unpaired) electrons. The van der Waals surface area contributed by atoms with Crippen LogP contribution in [0.1, 0.15) is 0 Å². The summed E-state index contributed by atoms with van der Waals surface area (Å²) in [6, 6.07) is 5.83. The van der Waals surface area contributed by atoms with Crippen molar-refractivity contribution in [3.63, 3.8) is 0 Å². The van der Waals surface area contributed by atoms with E-state index in [0.717, 1.165) is 48.7 Å². The van der Waals surface area contributed by atoms with Gasteiger partial charge in [-0.05, 0) is 18.2 Å². The lowest BCUT2D eigenvalue weighted by Gasteiger charge is -2.36. The Kier molecular flexibility index (Phi) is 3.27. The number of hydrogen-bond donors (Lipinski definition) is 0. The van der Waals surface area contributed by atoms with Crippen molar-refractivity contribution in [2.75, 3.05) is 36.0 Å². The Balaban J connectivity index is 1.56. The SMILES string of the molecule is c1cnc(N2CCN(c3cncc4cccnc34)CC2)nc1. The monoisotopic (exact) mass is 292 g/mol. The second-order valence-electron chi connectivity index (χ2n) is 5.26. The molecule has 6 heteroatoms. The summed E-state index contributed by atoms with van der Waals surface area (Å²) in [5.41, 5.74) is 2.12. The van der Waals surface area contributed by atoms with Crippen LogP contribution in [0.5, 0.6) is 0 Å². The van der Waals surface area contributed by atoms with Crippen LogP contribution in [0.15, 0.2) is 49.2 Å². The van der Waals surface area contributed by atoms with E-state index in [1.54, 1.807) is 12.4 Å². The summed E-state index contributed by atoms with van der Waals surface area (Å²) in [7, 11) is 0. The van der Waals surface area contributed by atoms with Crippen molar-refractivity contribution in [2.45, 2.75) is 0 Å². The van der Waals surface area contributed by atoms with E-state index in [1.807, 2.05) is 36.8 Å². The minimum Gasteiger partial charge on any atom is -0.365 e. The molecular weight excluding hydrogens is 276 g/mol. The van der Waals surface area contributed by atoms with E-state index in [-0.39, 0.29) is 0 Å². The molecule has 22 heavy (non-hydrogen) atoms. The number of hydrogen-bond acceptors (Lipinski definition) is 6. The Morgan fingerprint density at radius 2 is 1.50 bits per heavy atom. The molecule has 0 aromatic carbocycles. The van der Waals surface area contributed by atoms with Crippen LogP contribution in [0.3, 0.4) is 0 Å². The molecule has 0 aliphatic carbocycles. The Bertz CT molecular complexity index is 762. The molecule has 110 valence electrons. The van der Waals surface area contributed by atoms with Gasteiger partial charge in [-0.1, -0.05) is 0 Å². The van der Waals surface area contributed by atoms with Crippen LogP contribution in [0, 0.1) is 0 Å². The third-order valence-electron chi connectivity index (χ3n) is 3.95. The maximum absolute atomic E-state index is 4.51. The smallest absolute Gasteiger partial charge is 0.225 e. The van der Waals surface area contributed by atoms with Crippen LogP contribution < -0.4 is 9.80 Å².